The molecule has 2 aliphatic rings. The van der Waals surface area contributed by atoms with E-state index in [1.165, 1.54) is 0 Å². The second-order valence-electron chi connectivity index (χ2n) is 8.02. The molecule has 3 N–H and O–H groups in total. The first kappa shape index (κ1) is 21.8. The average molecular weight is 441 g/mol. The van der Waals surface area contributed by atoms with E-state index in [0.717, 1.165) is 17.0 Å². The Morgan fingerprint density at radius 2 is 1.94 bits per heavy atom. The molecule has 1 aromatic heterocycles. The van der Waals surface area contributed by atoms with Crippen LogP contribution in [-0.2, 0) is 27.5 Å². The number of carbonyl (C=O) groups excluding carboxylic acids is 3. The minimum atomic E-state index is -0.577. The van der Waals surface area contributed by atoms with Crippen LogP contribution in [0.4, 0.5) is 0 Å². The first-order valence-electron chi connectivity index (χ1n) is 10.6. The molecule has 3 amide bonds. The predicted molar refractivity (Wildman–Crippen MR) is 114 cm³/mol. The molecular formula is C22H27N5O5. The SMILES string of the molecule is COc1ccc(C2Cn3cnc(C(=O)N4CCC(C(=O)NCC(N)=O)CC4)c3CO2)cc1. The Hall–Kier alpha value is -3.40. The number of aromatic nitrogens is 2. The van der Waals surface area contributed by atoms with Crippen molar-refractivity contribution in [3.63, 3.8) is 0 Å². The van der Waals surface area contributed by atoms with Crippen LogP contribution in [0.25, 0.3) is 0 Å². The number of primary amides is 1. The lowest BCUT2D eigenvalue weighted by Crippen LogP contribution is -2.44. The fraction of sp³-hybridized carbons (Fsp3) is 0.455. The number of piperidine rings is 1. The summed E-state index contributed by atoms with van der Waals surface area (Å²) in [5, 5.41) is 2.53. The predicted octanol–water partition coefficient (Wildman–Crippen LogP) is 0.617. The minimum Gasteiger partial charge on any atom is -0.497 e. The van der Waals surface area contributed by atoms with Crippen molar-refractivity contribution in [3.8, 4) is 5.75 Å². The second-order valence-corrected chi connectivity index (χ2v) is 8.02. The zero-order valence-electron chi connectivity index (χ0n) is 18.0. The van der Waals surface area contributed by atoms with E-state index in [-0.39, 0.29) is 30.4 Å². The molecule has 0 aliphatic carbocycles. The van der Waals surface area contributed by atoms with Gasteiger partial charge in [-0.05, 0) is 30.5 Å². The molecular weight excluding hydrogens is 414 g/mol. The van der Waals surface area contributed by atoms with Crippen LogP contribution in [0.1, 0.15) is 40.7 Å². The summed E-state index contributed by atoms with van der Waals surface area (Å²) in [7, 11) is 1.63. The Kier molecular flexibility index (Phi) is 6.40. The number of likely N-dealkylation sites (tertiary alicyclic amines) is 1. The topological polar surface area (TPSA) is 129 Å². The van der Waals surface area contributed by atoms with Gasteiger partial charge in [0.1, 0.15) is 11.9 Å². The lowest BCUT2D eigenvalue weighted by Gasteiger charge is -2.31. The van der Waals surface area contributed by atoms with Crippen molar-refractivity contribution in [2.75, 3.05) is 26.7 Å². The zero-order chi connectivity index (χ0) is 22.7. The molecule has 0 spiro atoms. The van der Waals surface area contributed by atoms with Crippen LogP contribution in [-0.4, -0.2) is 58.9 Å². The third kappa shape index (κ3) is 4.59. The molecule has 1 saturated heterocycles. The summed E-state index contributed by atoms with van der Waals surface area (Å²) in [6.07, 6.45) is 2.62. The molecule has 2 aliphatic heterocycles. The molecule has 1 aromatic carbocycles. The average Bonchev–Trinajstić information content (AvgIpc) is 3.25. The smallest absolute Gasteiger partial charge is 0.274 e. The summed E-state index contributed by atoms with van der Waals surface area (Å²) in [4.78, 5) is 42.1. The van der Waals surface area contributed by atoms with Crippen LogP contribution in [0.2, 0.25) is 0 Å². The molecule has 1 atom stereocenters. The monoisotopic (exact) mass is 441 g/mol. The highest BCUT2D eigenvalue weighted by atomic mass is 16.5. The summed E-state index contributed by atoms with van der Waals surface area (Å²) >= 11 is 0. The van der Waals surface area contributed by atoms with Gasteiger partial charge < -0.3 is 30.0 Å². The lowest BCUT2D eigenvalue weighted by molar-refractivity contribution is -0.128. The Balaban J connectivity index is 1.36. The third-order valence-electron chi connectivity index (χ3n) is 6.01. The highest BCUT2D eigenvalue weighted by Gasteiger charge is 2.32. The van der Waals surface area contributed by atoms with E-state index in [2.05, 4.69) is 10.3 Å². The standard InChI is InChI=1S/C22H27N5O5/c1-31-16-4-2-14(3-5-16)18-11-27-13-25-20(17(27)12-32-18)22(30)26-8-6-15(7-9-26)21(29)24-10-19(23)28/h2-5,13,15,18H,6-12H2,1H3,(H2,23,28)(H,24,29). The van der Waals surface area contributed by atoms with Crippen molar-refractivity contribution in [3.05, 3.63) is 47.5 Å². The number of methoxy groups -OCH3 is 1. The number of carbonyl (C=O) groups is 3. The fourth-order valence-electron chi connectivity index (χ4n) is 4.14. The summed E-state index contributed by atoms with van der Waals surface area (Å²) in [6.45, 7) is 1.61. The number of amides is 3. The van der Waals surface area contributed by atoms with Gasteiger partial charge in [0.15, 0.2) is 5.69 Å². The van der Waals surface area contributed by atoms with Crippen molar-refractivity contribution in [2.45, 2.75) is 32.1 Å². The highest BCUT2D eigenvalue weighted by Crippen LogP contribution is 2.29. The van der Waals surface area contributed by atoms with Crippen LogP contribution >= 0.6 is 0 Å². The number of hydrogen-bond donors (Lipinski definition) is 2. The molecule has 3 heterocycles. The normalized spacial score (nSPS) is 18.7. The van der Waals surface area contributed by atoms with Crippen LogP contribution < -0.4 is 15.8 Å². The molecule has 32 heavy (non-hydrogen) atoms. The first-order valence-corrected chi connectivity index (χ1v) is 10.6. The van der Waals surface area contributed by atoms with Crippen molar-refractivity contribution in [1.82, 2.24) is 19.8 Å². The molecule has 4 rings (SSSR count). The number of fused-ring (bicyclic) bond motifs is 1. The van der Waals surface area contributed by atoms with Crippen LogP contribution in [0, 0.1) is 5.92 Å². The van der Waals surface area contributed by atoms with Gasteiger partial charge >= 0.3 is 0 Å². The molecule has 10 heteroatoms. The van der Waals surface area contributed by atoms with Gasteiger partial charge in [-0.25, -0.2) is 4.98 Å². The maximum Gasteiger partial charge on any atom is 0.274 e. The van der Waals surface area contributed by atoms with Crippen molar-refractivity contribution in [2.24, 2.45) is 11.7 Å². The van der Waals surface area contributed by atoms with Gasteiger partial charge in [0, 0.05) is 19.0 Å². The largest absolute Gasteiger partial charge is 0.497 e. The number of rotatable bonds is 6. The molecule has 170 valence electrons. The Bertz CT molecular complexity index is 995. The summed E-state index contributed by atoms with van der Waals surface area (Å²) in [6, 6.07) is 7.74. The van der Waals surface area contributed by atoms with E-state index < -0.39 is 5.91 Å². The molecule has 1 fully saturated rings. The van der Waals surface area contributed by atoms with E-state index in [1.54, 1.807) is 18.3 Å². The van der Waals surface area contributed by atoms with Crippen LogP contribution in [0.5, 0.6) is 5.75 Å². The van der Waals surface area contributed by atoms with Crippen molar-refractivity contribution < 1.29 is 23.9 Å². The van der Waals surface area contributed by atoms with Crippen LogP contribution in [0.3, 0.4) is 0 Å². The number of nitrogens with two attached hydrogens (primary N) is 1. The molecule has 0 saturated carbocycles. The fourth-order valence-corrected chi connectivity index (χ4v) is 4.14. The van der Waals surface area contributed by atoms with Gasteiger partial charge in [-0.2, -0.15) is 0 Å². The number of imidazole rings is 1. The highest BCUT2D eigenvalue weighted by molar-refractivity contribution is 5.93. The van der Waals surface area contributed by atoms with E-state index in [9.17, 15) is 14.4 Å². The molecule has 0 bridgehead atoms. The summed E-state index contributed by atoms with van der Waals surface area (Å²) in [5.74, 6) is -0.376. The zero-order valence-corrected chi connectivity index (χ0v) is 18.0. The Morgan fingerprint density at radius 3 is 2.59 bits per heavy atom. The number of nitrogens with one attached hydrogen (secondary N) is 1. The van der Waals surface area contributed by atoms with E-state index in [0.29, 0.717) is 44.8 Å². The Morgan fingerprint density at radius 1 is 1.22 bits per heavy atom. The van der Waals surface area contributed by atoms with Gasteiger partial charge in [0.25, 0.3) is 5.91 Å². The number of ether oxygens (including phenoxy) is 2. The van der Waals surface area contributed by atoms with Gasteiger partial charge in [-0.15, -0.1) is 0 Å². The maximum absolute atomic E-state index is 13.1. The Labute approximate surface area is 185 Å². The number of benzene rings is 1. The number of nitrogens with zero attached hydrogens (tertiary/aromatic N) is 3. The molecule has 1 unspecified atom stereocenters. The quantitative estimate of drug-likeness (QED) is 0.676. The van der Waals surface area contributed by atoms with Gasteiger partial charge in [0.05, 0.1) is 38.8 Å². The minimum absolute atomic E-state index is 0.125. The van der Waals surface area contributed by atoms with Gasteiger partial charge in [-0.3, -0.25) is 14.4 Å². The summed E-state index contributed by atoms with van der Waals surface area (Å²) < 4.78 is 13.2. The third-order valence-corrected chi connectivity index (χ3v) is 6.01. The van der Waals surface area contributed by atoms with E-state index in [1.807, 2.05) is 28.8 Å². The van der Waals surface area contributed by atoms with Gasteiger partial charge in [0.2, 0.25) is 11.8 Å². The molecule has 0 radical (unpaired) electrons. The summed E-state index contributed by atoms with van der Waals surface area (Å²) in [5.41, 5.74) is 7.26. The second kappa shape index (κ2) is 9.39. The van der Waals surface area contributed by atoms with Crippen LogP contribution in [0.15, 0.2) is 30.6 Å². The lowest BCUT2D eigenvalue weighted by atomic mass is 9.95. The van der Waals surface area contributed by atoms with Crippen molar-refractivity contribution >= 4 is 17.7 Å². The number of hydrogen-bond acceptors (Lipinski definition) is 6. The van der Waals surface area contributed by atoms with E-state index in [4.69, 9.17) is 15.2 Å². The first-order chi connectivity index (χ1) is 15.5. The van der Waals surface area contributed by atoms with Crippen molar-refractivity contribution in [1.29, 1.82) is 0 Å². The maximum atomic E-state index is 13.1. The van der Waals surface area contributed by atoms with Gasteiger partial charge in [-0.1, -0.05) is 12.1 Å². The molecule has 2 aromatic rings. The molecule has 10 nitrogen and oxygen atoms in total. The van der Waals surface area contributed by atoms with E-state index >= 15 is 0 Å².